The van der Waals surface area contributed by atoms with E-state index in [1.165, 1.54) is 49.6 Å². The smallest absolute Gasteiger partial charge is 0.305 e. The number of rotatable bonds is 19. The summed E-state index contributed by atoms with van der Waals surface area (Å²) in [7, 11) is -2.69. The molecule has 0 unspecified atom stereocenters. The van der Waals surface area contributed by atoms with Crippen LogP contribution in [-0.2, 0) is 18.4 Å². The number of methoxy groups -OCH3 is 1. The third kappa shape index (κ3) is 9.27. The molecule has 0 N–H and O–H groups in total. The lowest BCUT2D eigenvalue weighted by atomic mass is 9.87. The summed E-state index contributed by atoms with van der Waals surface area (Å²) in [6, 6.07) is 25.3. The molecule has 0 saturated carbocycles. The standard InChI is InChI=1S/C38H60O4Si2/c1-8-43(9-2,10-3)42-36-29-28-32(35(36)31-37(39)40-7)23-17-13-11-12-14-22-30-41-44(38(4,5)6,33-24-18-15-19-25-33)34-26-20-16-21-27-34/h15-16,18-21,24-29,32,35-36H,8-14,17,22-23,30-31H2,1-7H3/t32-,35+,36-/m0/s1. The summed E-state index contributed by atoms with van der Waals surface area (Å²) < 4.78 is 19.0. The molecule has 0 bridgehead atoms. The number of esters is 1. The van der Waals surface area contributed by atoms with Crippen LogP contribution in [0.25, 0.3) is 0 Å². The van der Waals surface area contributed by atoms with Crippen molar-refractivity contribution in [2.24, 2.45) is 11.8 Å². The zero-order valence-electron chi connectivity index (χ0n) is 28.8. The normalized spacial score (nSPS) is 18.9. The van der Waals surface area contributed by atoms with E-state index in [0.717, 1.165) is 37.6 Å². The predicted octanol–water partition coefficient (Wildman–Crippen LogP) is 9.05. The summed E-state index contributed by atoms with van der Waals surface area (Å²) >= 11 is 0. The third-order valence-electron chi connectivity index (χ3n) is 10.1. The Morgan fingerprint density at radius 1 is 0.750 bits per heavy atom. The van der Waals surface area contributed by atoms with Gasteiger partial charge < -0.3 is 13.6 Å². The molecular weight excluding hydrogens is 577 g/mol. The Balaban J connectivity index is 1.48. The van der Waals surface area contributed by atoms with Crippen LogP contribution < -0.4 is 10.4 Å². The molecule has 0 amide bonds. The molecule has 2 aromatic rings. The molecule has 2 aromatic carbocycles. The molecular formula is C38H60O4Si2. The Bertz CT molecular complexity index is 1080. The second-order valence-corrected chi connectivity index (χ2v) is 22.8. The zero-order chi connectivity index (χ0) is 32.1. The topological polar surface area (TPSA) is 44.8 Å². The summed E-state index contributed by atoms with van der Waals surface area (Å²) in [4.78, 5) is 12.3. The molecule has 0 radical (unpaired) electrons. The maximum absolute atomic E-state index is 12.3. The Hall–Kier alpha value is -2.00. The van der Waals surface area contributed by atoms with E-state index >= 15 is 0 Å². The van der Waals surface area contributed by atoms with Crippen molar-refractivity contribution in [1.82, 2.24) is 0 Å². The number of carbonyl (C=O) groups is 1. The van der Waals surface area contributed by atoms with Crippen LogP contribution in [0, 0.1) is 11.8 Å². The van der Waals surface area contributed by atoms with Gasteiger partial charge in [0.1, 0.15) is 0 Å². The SMILES string of the molecule is CC[Si](CC)(CC)O[C@H]1C=C[C@H](CCCCCCCCO[Si](c2ccccc2)(c2ccccc2)C(C)(C)C)[C@H]1CC(=O)OC. The number of allylic oxidation sites excluding steroid dienone is 1. The van der Waals surface area contributed by atoms with Crippen LogP contribution in [0.3, 0.4) is 0 Å². The van der Waals surface area contributed by atoms with E-state index in [-0.39, 0.29) is 23.0 Å². The van der Waals surface area contributed by atoms with Crippen molar-refractivity contribution in [1.29, 1.82) is 0 Å². The Labute approximate surface area is 271 Å². The molecule has 1 aliphatic carbocycles. The first kappa shape index (κ1) is 36.5. The first-order chi connectivity index (χ1) is 21.2. The highest BCUT2D eigenvalue weighted by atomic mass is 28.4. The first-order valence-electron chi connectivity index (χ1n) is 17.3. The highest BCUT2D eigenvalue weighted by Crippen LogP contribution is 2.39. The number of hydrogen-bond acceptors (Lipinski definition) is 4. The number of benzene rings is 2. The molecule has 0 heterocycles. The van der Waals surface area contributed by atoms with Crippen molar-refractivity contribution >= 4 is 33.0 Å². The number of carbonyl (C=O) groups excluding carboxylic acids is 1. The monoisotopic (exact) mass is 636 g/mol. The van der Waals surface area contributed by atoms with Crippen LogP contribution in [0.2, 0.25) is 23.2 Å². The molecule has 3 atom stereocenters. The summed E-state index contributed by atoms with van der Waals surface area (Å²) in [6.45, 7) is 14.6. The highest BCUT2D eigenvalue weighted by Gasteiger charge is 2.50. The molecule has 0 aromatic heterocycles. The predicted molar refractivity (Wildman–Crippen MR) is 191 cm³/mol. The molecule has 6 heteroatoms. The molecule has 4 nitrogen and oxygen atoms in total. The fourth-order valence-corrected chi connectivity index (χ4v) is 14.7. The Morgan fingerprint density at radius 2 is 1.27 bits per heavy atom. The second kappa shape index (κ2) is 17.6. The van der Waals surface area contributed by atoms with E-state index in [4.69, 9.17) is 13.6 Å². The minimum absolute atomic E-state index is 0.0213. The van der Waals surface area contributed by atoms with Gasteiger partial charge in [0, 0.05) is 12.5 Å². The average Bonchev–Trinajstić information content (AvgIpc) is 3.40. The van der Waals surface area contributed by atoms with Crippen LogP contribution in [0.15, 0.2) is 72.8 Å². The van der Waals surface area contributed by atoms with Gasteiger partial charge in [-0.15, -0.1) is 0 Å². The van der Waals surface area contributed by atoms with Gasteiger partial charge in [-0.1, -0.05) is 146 Å². The lowest BCUT2D eigenvalue weighted by Gasteiger charge is -2.43. The lowest BCUT2D eigenvalue weighted by molar-refractivity contribution is -0.142. The minimum atomic E-state index is -2.44. The molecule has 0 fully saturated rings. The van der Waals surface area contributed by atoms with E-state index in [1.807, 2.05) is 0 Å². The van der Waals surface area contributed by atoms with Crippen LogP contribution in [0.4, 0.5) is 0 Å². The van der Waals surface area contributed by atoms with Gasteiger partial charge in [-0.05, 0) is 52.3 Å². The van der Waals surface area contributed by atoms with E-state index in [1.54, 1.807) is 0 Å². The first-order valence-corrected chi connectivity index (χ1v) is 21.8. The van der Waals surface area contributed by atoms with Crippen molar-refractivity contribution in [2.75, 3.05) is 13.7 Å². The van der Waals surface area contributed by atoms with Gasteiger partial charge in [-0.25, -0.2) is 0 Å². The van der Waals surface area contributed by atoms with Crippen LogP contribution in [-0.4, -0.2) is 42.4 Å². The second-order valence-electron chi connectivity index (χ2n) is 13.7. The van der Waals surface area contributed by atoms with Crippen molar-refractivity contribution < 1.29 is 18.4 Å². The Morgan fingerprint density at radius 3 is 1.77 bits per heavy atom. The van der Waals surface area contributed by atoms with E-state index < -0.39 is 16.6 Å². The zero-order valence-corrected chi connectivity index (χ0v) is 30.8. The van der Waals surface area contributed by atoms with Gasteiger partial charge in [0.25, 0.3) is 8.32 Å². The molecule has 3 rings (SSSR count). The average molecular weight is 637 g/mol. The fraction of sp³-hybridized carbons (Fsp3) is 0.605. The van der Waals surface area contributed by atoms with Crippen molar-refractivity contribution in [3.8, 4) is 0 Å². The van der Waals surface area contributed by atoms with Gasteiger partial charge in [0.2, 0.25) is 0 Å². The molecule has 244 valence electrons. The number of ether oxygens (including phenoxy) is 1. The van der Waals surface area contributed by atoms with E-state index in [2.05, 4.69) is 114 Å². The number of unbranched alkanes of at least 4 members (excludes halogenated alkanes) is 5. The van der Waals surface area contributed by atoms with Crippen LogP contribution in [0.1, 0.15) is 92.9 Å². The largest absolute Gasteiger partial charge is 0.469 e. The fourth-order valence-electron chi connectivity index (χ4n) is 7.23. The van der Waals surface area contributed by atoms with Crippen molar-refractivity contribution in [3.05, 3.63) is 72.8 Å². The lowest BCUT2D eigenvalue weighted by Crippen LogP contribution is -2.66. The van der Waals surface area contributed by atoms with Gasteiger partial charge in [-0.3, -0.25) is 4.79 Å². The van der Waals surface area contributed by atoms with E-state index in [0.29, 0.717) is 12.3 Å². The van der Waals surface area contributed by atoms with E-state index in [9.17, 15) is 4.79 Å². The molecule has 0 saturated heterocycles. The molecule has 1 aliphatic rings. The maximum Gasteiger partial charge on any atom is 0.305 e. The van der Waals surface area contributed by atoms with Gasteiger partial charge in [0.05, 0.1) is 19.6 Å². The number of hydrogen-bond donors (Lipinski definition) is 0. The summed E-state index contributed by atoms with van der Waals surface area (Å²) in [6.07, 6.45) is 13.4. The third-order valence-corrected chi connectivity index (χ3v) is 19.8. The quantitative estimate of drug-likeness (QED) is 0.0668. The molecule has 0 aliphatic heterocycles. The summed E-state index contributed by atoms with van der Waals surface area (Å²) in [5.74, 6) is 0.489. The maximum atomic E-state index is 12.3. The van der Waals surface area contributed by atoms with Crippen molar-refractivity contribution in [2.45, 2.75) is 122 Å². The summed E-state index contributed by atoms with van der Waals surface area (Å²) in [5, 5.41) is 2.72. The molecule has 0 spiro atoms. The Kier molecular flexibility index (Phi) is 14.6. The minimum Gasteiger partial charge on any atom is -0.469 e. The summed E-state index contributed by atoms with van der Waals surface area (Å²) in [5.41, 5.74) is 0. The van der Waals surface area contributed by atoms with Crippen LogP contribution in [0.5, 0.6) is 0 Å². The highest BCUT2D eigenvalue weighted by molar-refractivity contribution is 6.99. The van der Waals surface area contributed by atoms with Crippen molar-refractivity contribution in [3.63, 3.8) is 0 Å². The van der Waals surface area contributed by atoms with Crippen LogP contribution >= 0.6 is 0 Å². The van der Waals surface area contributed by atoms with Gasteiger partial charge in [-0.2, -0.15) is 0 Å². The van der Waals surface area contributed by atoms with Gasteiger partial charge >= 0.3 is 5.97 Å². The molecule has 44 heavy (non-hydrogen) atoms. The van der Waals surface area contributed by atoms with Gasteiger partial charge in [0.15, 0.2) is 8.32 Å².